The van der Waals surface area contributed by atoms with E-state index in [1.807, 2.05) is 49.2 Å². The van der Waals surface area contributed by atoms with Gasteiger partial charge >= 0.3 is 0 Å². The summed E-state index contributed by atoms with van der Waals surface area (Å²) in [7, 11) is 1.93. The number of hydrogen-bond donors (Lipinski definition) is 1. The van der Waals surface area contributed by atoms with Gasteiger partial charge in [-0.1, -0.05) is 24.3 Å². The van der Waals surface area contributed by atoms with Gasteiger partial charge in [-0.25, -0.2) is 4.39 Å². The van der Waals surface area contributed by atoms with Crippen LogP contribution in [0.25, 0.3) is 0 Å². The Morgan fingerprint density at radius 2 is 1.68 bits per heavy atom. The summed E-state index contributed by atoms with van der Waals surface area (Å²) in [5, 5.41) is 0. The lowest BCUT2D eigenvalue weighted by molar-refractivity contribution is 0.594. The van der Waals surface area contributed by atoms with Gasteiger partial charge in [0.25, 0.3) is 0 Å². The molecule has 100 valence electrons. The molecule has 2 aromatic rings. The molecule has 2 N–H and O–H groups in total. The van der Waals surface area contributed by atoms with Crippen molar-refractivity contribution in [2.75, 3.05) is 11.9 Å². The van der Waals surface area contributed by atoms with E-state index in [0.29, 0.717) is 5.56 Å². The van der Waals surface area contributed by atoms with Gasteiger partial charge in [0.15, 0.2) is 0 Å². The van der Waals surface area contributed by atoms with E-state index in [4.69, 9.17) is 5.73 Å². The number of hydrogen-bond acceptors (Lipinski definition) is 2. The van der Waals surface area contributed by atoms with Crippen LogP contribution in [-0.4, -0.2) is 7.05 Å². The molecular weight excluding hydrogens is 239 g/mol. The minimum Gasteiger partial charge on any atom is -0.344 e. The molecule has 0 fully saturated rings. The minimum absolute atomic E-state index is 0.257. The Bertz CT molecular complexity index is 579. The van der Waals surface area contributed by atoms with Crippen molar-refractivity contribution >= 4 is 11.4 Å². The predicted octanol–water partition coefficient (Wildman–Crippen LogP) is 3.92. The Labute approximate surface area is 113 Å². The molecule has 0 aliphatic carbocycles. The van der Waals surface area contributed by atoms with Crippen molar-refractivity contribution in [3.05, 3.63) is 59.4 Å². The van der Waals surface area contributed by atoms with Gasteiger partial charge in [-0.2, -0.15) is 0 Å². The molecule has 2 nitrogen and oxygen atoms in total. The summed E-state index contributed by atoms with van der Waals surface area (Å²) < 4.78 is 14.0. The van der Waals surface area contributed by atoms with Gasteiger partial charge in [-0.05, 0) is 37.6 Å². The molecule has 0 spiro atoms. The van der Waals surface area contributed by atoms with Crippen LogP contribution in [0.3, 0.4) is 0 Å². The van der Waals surface area contributed by atoms with Crippen molar-refractivity contribution in [2.45, 2.75) is 19.9 Å². The first kappa shape index (κ1) is 13.6. The van der Waals surface area contributed by atoms with Crippen molar-refractivity contribution in [3.63, 3.8) is 0 Å². The van der Waals surface area contributed by atoms with E-state index in [2.05, 4.69) is 0 Å². The Morgan fingerprint density at radius 1 is 1.05 bits per heavy atom. The normalized spacial score (nSPS) is 12.3. The van der Waals surface area contributed by atoms with E-state index in [1.54, 1.807) is 13.0 Å². The third kappa shape index (κ3) is 2.61. The number of aryl methyl sites for hydroxylation is 1. The second-order valence-electron chi connectivity index (χ2n) is 4.81. The highest BCUT2D eigenvalue weighted by atomic mass is 19.1. The van der Waals surface area contributed by atoms with Gasteiger partial charge < -0.3 is 10.6 Å². The molecular formula is C16H19FN2. The maximum atomic E-state index is 14.0. The Kier molecular flexibility index (Phi) is 3.86. The van der Waals surface area contributed by atoms with E-state index in [-0.39, 0.29) is 11.9 Å². The highest BCUT2D eigenvalue weighted by Crippen LogP contribution is 2.33. The molecule has 0 heterocycles. The first-order chi connectivity index (χ1) is 9.02. The van der Waals surface area contributed by atoms with E-state index in [9.17, 15) is 4.39 Å². The van der Waals surface area contributed by atoms with Gasteiger partial charge in [0.1, 0.15) is 5.82 Å². The summed E-state index contributed by atoms with van der Waals surface area (Å²) in [6.07, 6.45) is 0. The van der Waals surface area contributed by atoms with Gasteiger partial charge in [-0.15, -0.1) is 0 Å². The second kappa shape index (κ2) is 5.41. The van der Waals surface area contributed by atoms with Crippen molar-refractivity contribution in [1.29, 1.82) is 0 Å². The van der Waals surface area contributed by atoms with Crippen molar-refractivity contribution in [2.24, 2.45) is 5.73 Å². The van der Waals surface area contributed by atoms with Crippen molar-refractivity contribution in [1.82, 2.24) is 0 Å². The molecule has 1 atom stereocenters. The van der Waals surface area contributed by atoms with Gasteiger partial charge in [0, 0.05) is 30.0 Å². The number of para-hydroxylation sites is 1. The minimum atomic E-state index is -0.345. The number of nitrogens with zero attached hydrogens (tertiary/aromatic N) is 1. The summed E-state index contributed by atoms with van der Waals surface area (Å²) in [5.74, 6) is -0.257. The largest absolute Gasteiger partial charge is 0.344 e. The summed E-state index contributed by atoms with van der Waals surface area (Å²) in [6.45, 7) is 3.84. The first-order valence-corrected chi connectivity index (χ1v) is 6.35. The molecule has 0 amide bonds. The zero-order chi connectivity index (χ0) is 14.0. The second-order valence-corrected chi connectivity index (χ2v) is 4.81. The zero-order valence-corrected chi connectivity index (χ0v) is 11.5. The average Bonchev–Trinajstić information content (AvgIpc) is 2.37. The Balaban J connectivity index is 2.54. The monoisotopic (exact) mass is 258 g/mol. The highest BCUT2D eigenvalue weighted by molar-refractivity contribution is 5.68. The molecule has 3 heteroatoms. The van der Waals surface area contributed by atoms with Crippen LogP contribution in [0, 0.1) is 12.7 Å². The van der Waals surface area contributed by atoms with Crippen LogP contribution in [0.2, 0.25) is 0 Å². The molecule has 19 heavy (non-hydrogen) atoms. The van der Waals surface area contributed by atoms with Gasteiger partial charge in [0.05, 0.1) is 0 Å². The van der Waals surface area contributed by atoms with E-state index in [1.165, 1.54) is 6.07 Å². The fourth-order valence-corrected chi connectivity index (χ4v) is 2.34. The van der Waals surface area contributed by atoms with Crippen LogP contribution < -0.4 is 10.6 Å². The number of rotatable bonds is 3. The van der Waals surface area contributed by atoms with Gasteiger partial charge in [0.2, 0.25) is 0 Å². The van der Waals surface area contributed by atoms with Crippen LogP contribution in [0.15, 0.2) is 42.5 Å². The highest BCUT2D eigenvalue weighted by Gasteiger charge is 2.16. The third-order valence-corrected chi connectivity index (χ3v) is 3.32. The number of benzene rings is 2. The topological polar surface area (TPSA) is 29.3 Å². The zero-order valence-electron chi connectivity index (χ0n) is 11.5. The maximum Gasteiger partial charge on any atom is 0.130 e. The molecule has 0 bridgehead atoms. The summed E-state index contributed by atoms with van der Waals surface area (Å²) >= 11 is 0. The Morgan fingerprint density at radius 3 is 2.32 bits per heavy atom. The van der Waals surface area contributed by atoms with Crippen LogP contribution >= 0.6 is 0 Å². The average molecular weight is 258 g/mol. The van der Waals surface area contributed by atoms with Crippen molar-refractivity contribution in [3.8, 4) is 0 Å². The SMILES string of the molecule is Cc1ccccc1N(C)c1cccc(F)c1[C@@H](C)N. The summed E-state index contributed by atoms with van der Waals surface area (Å²) in [6, 6.07) is 12.7. The number of halogens is 1. The first-order valence-electron chi connectivity index (χ1n) is 6.35. The molecule has 0 saturated heterocycles. The third-order valence-electron chi connectivity index (χ3n) is 3.32. The molecule has 0 radical (unpaired) electrons. The fourth-order valence-electron chi connectivity index (χ4n) is 2.34. The lowest BCUT2D eigenvalue weighted by Crippen LogP contribution is -2.17. The molecule has 0 saturated carbocycles. The van der Waals surface area contributed by atoms with Crippen LogP contribution in [0.1, 0.15) is 24.1 Å². The smallest absolute Gasteiger partial charge is 0.130 e. The molecule has 0 unspecified atom stereocenters. The van der Waals surface area contributed by atoms with E-state index >= 15 is 0 Å². The van der Waals surface area contributed by atoms with Crippen LogP contribution in [0.4, 0.5) is 15.8 Å². The number of anilines is 2. The lowest BCUT2D eigenvalue weighted by Gasteiger charge is -2.25. The summed E-state index contributed by atoms with van der Waals surface area (Å²) in [5.41, 5.74) is 9.46. The Hall–Kier alpha value is -1.87. The summed E-state index contributed by atoms with van der Waals surface area (Å²) in [4.78, 5) is 1.98. The molecule has 2 rings (SSSR count). The molecule has 0 aromatic heterocycles. The van der Waals surface area contributed by atoms with Crippen LogP contribution in [-0.2, 0) is 0 Å². The quantitative estimate of drug-likeness (QED) is 0.904. The maximum absolute atomic E-state index is 14.0. The predicted molar refractivity (Wildman–Crippen MR) is 78.2 cm³/mol. The lowest BCUT2D eigenvalue weighted by atomic mass is 10.0. The van der Waals surface area contributed by atoms with E-state index in [0.717, 1.165) is 16.9 Å². The van der Waals surface area contributed by atoms with Crippen molar-refractivity contribution < 1.29 is 4.39 Å². The van der Waals surface area contributed by atoms with Gasteiger partial charge in [-0.3, -0.25) is 0 Å². The van der Waals surface area contributed by atoms with Crippen LogP contribution in [0.5, 0.6) is 0 Å². The number of nitrogens with two attached hydrogens (primary N) is 1. The van der Waals surface area contributed by atoms with E-state index < -0.39 is 0 Å². The molecule has 2 aromatic carbocycles. The molecule has 0 aliphatic rings. The molecule has 0 aliphatic heterocycles. The fraction of sp³-hybridized carbons (Fsp3) is 0.250. The standard InChI is InChI=1S/C16H19FN2/c1-11-7-4-5-9-14(11)19(3)15-10-6-8-13(17)16(15)12(2)18/h4-10,12H,18H2,1-3H3/t12-/m1/s1.